The third kappa shape index (κ3) is 4.09. The van der Waals surface area contributed by atoms with Gasteiger partial charge >= 0.3 is 0 Å². The Balaban J connectivity index is 2.75. The largest absolute Gasteiger partial charge is 0.385 e. The van der Waals surface area contributed by atoms with Gasteiger partial charge in [-0.2, -0.15) is 0 Å². The zero-order valence-corrected chi connectivity index (χ0v) is 19.7. The van der Waals surface area contributed by atoms with Crippen molar-refractivity contribution in [2.24, 2.45) is 34.5 Å². The predicted octanol–water partition coefficient (Wildman–Crippen LogP) is 6.08. The van der Waals surface area contributed by atoms with Crippen LogP contribution in [0.1, 0.15) is 69.2 Å². The van der Waals surface area contributed by atoms with Gasteiger partial charge in [0.15, 0.2) is 0 Å². The fourth-order valence-corrected chi connectivity index (χ4v) is 5.78. The van der Waals surface area contributed by atoms with Crippen LogP contribution in [-0.2, 0) is 0 Å². The molecular formula is C26H42O2. The van der Waals surface area contributed by atoms with E-state index in [1.807, 2.05) is 26.0 Å². The van der Waals surface area contributed by atoms with Gasteiger partial charge in [-0.05, 0) is 42.7 Å². The SMILES string of the molecule is CC1=CC(O)(C(C(C)C)C2(O)C=C(C)C=CC2C(C)(C)C)C(C(C)(C)C)C=C1. The Morgan fingerprint density at radius 3 is 1.32 bits per heavy atom. The zero-order chi connectivity index (χ0) is 21.7. The highest BCUT2D eigenvalue weighted by atomic mass is 16.3. The molecule has 0 fully saturated rings. The Labute approximate surface area is 173 Å². The molecule has 4 atom stereocenters. The van der Waals surface area contributed by atoms with Gasteiger partial charge in [0.05, 0.1) is 11.2 Å². The Bertz CT molecular complexity index is 650. The fourth-order valence-electron chi connectivity index (χ4n) is 5.78. The molecule has 2 heteroatoms. The summed E-state index contributed by atoms with van der Waals surface area (Å²) in [4.78, 5) is 0. The lowest BCUT2D eigenvalue weighted by atomic mass is 9.52. The van der Waals surface area contributed by atoms with E-state index in [-0.39, 0.29) is 34.5 Å². The molecule has 158 valence electrons. The summed E-state index contributed by atoms with van der Waals surface area (Å²) in [6.45, 7) is 21.4. The highest BCUT2D eigenvalue weighted by Crippen LogP contribution is 2.54. The maximum Gasteiger partial charge on any atom is 0.0961 e. The van der Waals surface area contributed by atoms with Crippen molar-refractivity contribution in [1.82, 2.24) is 0 Å². The molecule has 2 rings (SSSR count). The van der Waals surface area contributed by atoms with Crippen molar-refractivity contribution in [3.8, 4) is 0 Å². The van der Waals surface area contributed by atoms with Crippen LogP contribution in [0.15, 0.2) is 47.6 Å². The van der Waals surface area contributed by atoms with Crippen LogP contribution in [0.3, 0.4) is 0 Å². The number of hydrogen-bond donors (Lipinski definition) is 2. The first-order valence-corrected chi connectivity index (χ1v) is 10.7. The van der Waals surface area contributed by atoms with Crippen LogP contribution in [0.25, 0.3) is 0 Å². The molecule has 0 heterocycles. The molecule has 0 aromatic carbocycles. The van der Waals surface area contributed by atoms with Gasteiger partial charge in [-0.25, -0.2) is 0 Å². The van der Waals surface area contributed by atoms with Crippen LogP contribution in [-0.4, -0.2) is 21.4 Å². The number of rotatable bonds is 3. The van der Waals surface area contributed by atoms with E-state index in [4.69, 9.17) is 0 Å². The smallest absolute Gasteiger partial charge is 0.0961 e. The van der Waals surface area contributed by atoms with Crippen molar-refractivity contribution < 1.29 is 10.2 Å². The topological polar surface area (TPSA) is 40.5 Å². The molecule has 0 radical (unpaired) electrons. The Kier molecular flexibility index (Phi) is 6.03. The third-order valence-electron chi connectivity index (χ3n) is 6.55. The summed E-state index contributed by atoms with van der Waals surface area (Å²) >= 11 is 0. The van der Waals surface area contributed by atoms with Crippen LogP contribution >= 0.6 is 0 Å². The standard InChI is InChI=1S/C26H42O2/c1-17(2)22(25(27)15-18(3)11-13-20(25)23(5,6)7)26(28)16-19(4)12-14-21(26)24(8,9)10/h11-17,20-22,27-28H,1-10H3. The number of aliphatic hydroxyl groups is 2. The van der Waals surface area contributed by atoms with E-state index in [2.05, 4.69) is 79.7 Å². The van der Waals surface area contributed by atoms with E-state index in [0.717, 1.165) is 11.1 Å². The average Bonchev–Trinajstić information content (AvgIpc) is 2.42. The zero-order valence-electron chi connectivity index (χ0n) is 19.7. The summed E-state index contributed by atoms with van der Waals surface area (Å²) in [5, 5.41) is 24.6. The molecule has 4 unspecified atom stereocenters. The molecule has 0 aromatic rings. The van der Waals surface area contributed by atoms with Crippen molar-refractivity contribution in [3.05, 3.63) is 47.6 Å². The Hall–Kier alpha value is -1.12. The van der Waals surface area contributed by atoms with Crippen LogP contribution in [0.4, 0.5) is 0 Å². The lowest BCUT2D eigenvalue weighted by Gasteiger charge is -2.56. The third-order valence-corrected chi connectivity index (χ3v) is 6.55. The summed E-state index contributed by atoms with van der Waals surface area (Å²) in [7, 11) is 0. The fraction of sp³-hybridized carbons (Fsp3) is 0.692. The lowest BCUT2D eigenvalue weighted by molar-refractivity contribution is -0.159. The molecule has 0 amide bonds. The summed E-state index contributed by atoms with van der Waals surface area (Å²) < 4.78 is 0. The highest BCUT2D eigenvalue weighted by Gasteiger charge is 2.59. The van der Waals surface area contributed by atoms with Gasteiger partial charge < -0.3 is 10.2 Å². The van der Waals surface area contributed by atoms with Gasteiger partial charge in [-0.1, -0.05) is 90.8 Å². The van der Waals surface area contributed by atoms with Gasteiger partial charge in [-0.3, -0.25) is 0 Å². The molecular weight excluding hydrogens is 344 g/mol. The van der Waals surface area contributed by atoms with Crippen molar-refractivity contribution in [2.45, 2.75) is 80.4 Å². The van der Waals surface area contributed by atoms with Gasteiger partial charge in [-0.15, -0.1) is 0 Å². The molecule has 2 aliphatic carbocycles. The van der Waals surface area contributed by atoms with Gasteiger partial charge in [0.25, 0.3) is 0 Å². The number of allylic oxidation sites excluding steroid dienone is 4. The van der Waals surface area contributed by atoms with Gasteiger partial charge in [0.2, 0.25) is 0 Å². The van der Waals surface area contributed by atoms with Crippen LogP contribution in [0, 0.1) is 34.5 Å². The predicted molar refractivity (Wildman–Crippen MR) is 120 cm³/mol. The maximum atomic E-state index is 12.3. The molecule has 0 aliphatic heterocycles. The van der Waals surface area contributed by atoms with E-state index in [9.17, 15) is 10.2 Å². The van der Waals surface area contributed by atoms with E-state index >= 15 is 0 Å². The molecule has 0 saturated heterocycles. The van der Waals surface area contributed by atoms with Crippen molar-refractivity contribution in [2.75, 3.05) is 0 Å². The quantitative estimate of drug-likeness (QED) is 0.617. The molecule has 28 heavy (non-hydrogen) atoms. The monoisotopic (exact) mass is 386 g/mol. The molecule has 0 bridgehead atoms. The summed E-state index contributed by atoms with van der Waals surface area (Å²) in [6.07, 6.45) is 12.5. The van der Waals surface area contributed by atoms with E-state index in [1.165, 1.54) is 0 Å². The first-order chi connectivity index (χ1) is 12.5. The van der Waals surface area contributed by atoms with Gasteiger partial charge in [0.1, 0.15) is 0 Å². The van der Waals surface area contributed by atoms with Crippen molar-refractivity contribution in [1.29, 1.82) is 0 Å². The minimum absolute atomic E-state index is 0.0830. The van der Waals surface area contributed by atoms with E-state index in [0.29, 0.717) is 0 Å². The molecule has 2 nitrogen and oxygen atoms in total. The molecule has 0 saturated carbocycles. The second-order valence-electron chi connectivity index (χ2n) is 11.7. The summed E-state index contributed by atoms with van der Waals surface area (Å²) in [5.41, 5.74) is -0.427. The molecule has 2 aliphatic rings. The van der Waals surface area contributed by atoms with Gasteiger partial charge in [0, 0.05) is 17.8 Å². The second kappa shape index (κ2) is 7.29. The Morgan fingerprint density at radius 2 is 1.07 bits per heavy atom. The summed E-state index contributed by atoms with van der Waals surface area (Å²) in [6, 6.07) is 0. The first kappa shape index (κ1) is 23.2. The molecule has 0 spiro atoms. The van der Waals surface area contributed by atoms with Crippen molar-refractivity contribution >= 4 is 0 Å². The highest BCUT2D eigenvalue weighted by molar-refractivity contribution is 5.38. The summed E-state index contributed by atoms with van der Waals surface area (Å²) in [5.74, 6) is -0.412. The van der Waals surface area contributed by atoms with Crippen LogP contribution in [0.5, 0.6) is 0 Å². The van der Waals surface area contributed by atoms with E-state index in [1.54, 1.807) is 0 Å². The molecule has 0 aromatic heterocycles. The average molecular weight is 387 g/mol. The van der Waals surface area contributed by atoms with Crippen molar-refractivity contribution in [3.63, 3.8) is 0 Å². The van der Waals surface area contributed by atoms with E-state index < -0.39 is 11.2 Å². The van der Waals surface area contributed by atoms with Crippen LogP contribution in [0.2, 0.25) is 0 Å². The normalized spacial score (nSPS) is 35.0. The lowest BCUT2D eigenvalue weighted by Crippen LogP contribution is -2.62. The molecule has 2 N–H and O–H groups in total. The minimum atomic E-state index is -1.13. The number of hydrogen-bond acceptors (Lipinski definition) is 2. The second-order valence-corrected chi connectivity index (χ2v) is 11.7. The first-order valence-electron chi connectivity index (χ1n) is 10.7. The maximum absolute atomic E-state index is 12.3. The Morgan fingerprint density at radius 1 is 0.750 bits per heavy atom. The van der Waals surface area contributed by atoms with Crippen LogP contribution < -0.4 is 0 Å². The minimum Gasteiger partial charge on any atom is -0.385 e.